The Balaban J connectivity index is 1.95. The average molecular weight is 342 g/mol. The maximum atomic E-state index is 12.9. The fourth-order valence-corrected chi connectivity index (χ4v) is 3.27. The van der Waals surface area contributed by atoms with Crippen molar-refractivity contribution in [3.05, 3.63) is 65.5 Å². The zero-order valence-corrected chi connectivity index (χ0v) is 13.8. The van der Waals surface area contributed by atoms with E-state index in [9.17, 15) is 9.59 Å². The van der Waals surface area contributed by atoms with E-state index in [4.69, 9.17) is 17.3 Å². The van der Waals surface area contributed by atoms with Gasteiger partial charge >= 0.3 is 0 Å². The maximum Gasteiger partial charge on any atom is 0.238 e. The summed E-state index contributed by atoms with van der Waals surface area (Å²) in [6.07, 6.45) is 2.77. The van der Waals surface area contributed by atoms with Crippen molar-refractivity contribution in [3.8, 4) is 11.1 Å². The Morgan fingerprint density at radius 2 is 1.96 bits per heavy atom. The first-order valence-corrected chi connectivity index (χ1v) is 8.20. The van der Waals surface area contributed by atoms with Crippen molar-refractivity contribution in [2.75, 3.05) is 6.54 Å². The second-order valence-electron chi connectivity index (χ2n) is 5.93. The molecule has 0 spiro atoms. The SMILES string of the molecule is NC(=O)C1([CH]C(=O)c2ccccc2-c2cccc(Cl)c2)CCCN1. The van der Waals surface area contributed by atoms with E-state index in [1.807, 2.05) is 30.3 Å². The summed E-state index contributed by atoms with van der Waals surface area (Å²) in [7, 11) is 0. The summed E-state index contributed by atoms with van der Waals surface area (Å²) in [6, 6.07) is 14.6. The summed E-state index contributed by atoms with van der Waals surface area (Å²) in [5.41, 5.74) is 6.62. The van der Waals surface area contributed by atoms with Crippen molar-refractivity contribution in [1.29, 1.82) is 0 Å². The first-order valence-electron chi connectivity index (χ1n) is 7.82. The predicted octanol–water partition coefficient (Wildman–Crippen LogP) is 3.00. The molecule has 1 amide bonds. The molecule has 3 N–H and O–H groups in total. The number of Topliss-reactive ketones (excluding diaryl/α,β-unsaturated/α-hetero) is 1. The average Bonchev–Trinajstić information content (AvgIpc) is 3.05. The fraction of sp³-hybridized carbons (Fsp3) is 0.211. The Hall–Kier alpha value is -2.17. The first kappa shape index (κ1) is 16.7. The summed E-state index contributed by atoms with van der Waals surface area (Å²) in [5, 5.41) is 3.67. The number of nitrogens with one attached hydrogen (secondary N) is 1. The van der Waals surface area contributed by atoms with Crippen LogP contribution in [0, 0.1) is 6.42 Å². The number of halogens is 1. The molecule has 24 heavy (non-hydrogen) atoms. The number of carbonyl (C=O) groups is 2. The minimum Gasteiger partial charge on any atom is -0.368 e. The summed E-state index contributed by atoms with van der Waals surface area (Å²) < 4.78 is 0. The Labute approximate surface area is 146 Å². The van der Waals surface area contributed by atoms with E-state index in [1.54, 1.807) is 18.2 Å². The number of benzene rings is 2. The summed E-state index contributed by atoms with van der Waals surface area (Å²) in [5.74, 6) is -0.743. The highest BCUT2D eigenvalue weighted by Gasteiger charge is 2.41. The van der Waals surface area contributed by atoms with Gasteiger partial charge in [-0.05, 0) is 42.6 Å². The molecular formula is C19H18ClN2O2. The van der Waals surface area contributed by atoms with Crippen molar-refractivity contribution in [2.24, 2.45) is 5.73 Å². The molecule has 1 radical (unpaired) electrons. The highest BCUT2D eigenvalue weighted by Crippen LogP contribution is 2.30. The number of nitrogens with two attached hydrogens (primary N) is 1. The lowest BCUT2D eigenvalue weighted by molar-refractivity contribution is -0.122. The number of hydrogen-bond acceptors (Lipinski definition) is 3. The van der Waals surface area contributed by atoms with Gasteiger partial charge in [-0.15, -0.1) is 0 Å². The zero-order chi connectivity index (χ0) is 17.2. The molecule has 1 unspecified atom stereocenters. The molecule has 1 heterocycles. The van der Waals surface area contributed by atoms with Gasteiger partial charge in [-0.3, -0.25) is 9.59 Å². The van der Waals surface area contributed by atoms with Crippen LogP contribution in [-0.4, -0.2) is 23.8 Å². The maximum absolute atomic E-state index is 12.9. The minimum absolute atomic E-state index is 0.223. The van der Waals surface area contributed by atoms with Gasteiger partial charge in [-0.25, -0.2) is 0 Å². The summed E-state index contributed by atoms with van der Waals surface area (Å²) in [6.45, 7) is 0.669. The Morgan fingerprint density at radius 3 is 2.62 bits per heavy atom. The molecule has 0 bridgehead atoms. The first-order chi connectivity index (χ1) is 11.5. The molecule has 3 rings (SSSR count). The van der Waals surface area contributed by atoms with Crippen LogP contribution in [0.5, 0.6) is 0 Å². The second kappa shape index (κ2) is 6.75. The molecule has 1 aliphatic rings. The van der Waals surface area contributed by atoms with Gasteiger partial charge in [0.15, 0.2) is 5.78 Å². The van der Waals surface area contributed by atoms with Crippen molar-refractivity contribution < 1.29 is 9.59 Å². The third kappa shape index (κ3) is 3.21. The lowest BCUT2D eigenvalue weighted by Gasteiger charge is -2.24. The second-order valence-corrected chi connectivity index (χ2v) is 6.37. The van der Waals surface area contributed by atoms with Gasteiger partial charge in [0.2, 0.25) is 5.91 Å². The monoisotopic (exact) mass is 341 g/mol. The van der Waals surface area contributed by atoms with Crippen molar-refractivity contribution >= 4 is 23.3 Å². The van der Waals surface area contributed by atoms with Gasteiger partial charge in [0.05, 0.1) is 6.42 Å². The fourth-order valence-electron chi connectivity index (χ4n) is 3.08. The van der Waals surface area contributed by atoms with Crippen LogP contribution in [-0.2, 0) is 4.79 Å². The van der Waals surface area contributed by atoms with Crippen LogP contribution in [0.2, 0.25) is 5.02 Å². The normalized spacial score (nSPS) is 20.0. The van der Waals surface area contributed by atoms with Crippen LogP contribution in [0.25, 0.3) is 11.1 Å². The molecule has 4 nitrogen and oxygen atoms in total. The van der Waals surface area contributed by atoms with Crippen molar-refractivity contribution in [1.82, 2.24) is 5.32 Å². The zero-order valence-electron chi connectivity index (χ0n) is 13.1. The lowest BCUT2D eigenvalue weighted by Crippen LogP contribution is -2.53. The highest BCUT2D eigenvalue weighted by molar-refractivity contribution is 6.30. The molecule has 123 valence electrons. The van der Waals surface area contributed by atoms with E-state index < -0.39 is 11.4 Å². The van der Waals surface area contributed by atoms with Gasteiger partial charge < -0.3 is 11.1 Å². The summed E-state index contributed by atoms with van der Waals surface area (Å²) >= 11 is 6.06. The quantitative estimate of drug-likeness (QED) is 0.821. The molecular weight excluding hydrogens is 324 g/mol. The Bertz CT molecular complexity index is 782. The van der Waals surface area contributed by atoms with Gasteiger partial charge in [-0.1, -0.05) is 48.0 Å². The number of ketones is 1. The molecule has 1 atom stereocenters. The topological polar surface area (TPSA) is 72.2 Å². The molecule has 2 aromatic rings. The molecule has 1 saturated heterocycles. The molecule has 0 saturated carbocycles. The van der Waals surface area contributed by atoms with E-state index in [-0.39, 0.29) is 5.78 Å². The van der Waals surface area contributed by atoms with E-state index in [2.05, 4.69) is 5.32 Å². The van der Waals surface area contributed by atoms with Crippen LogP contribution in [0.3, 0.4) is 0 Å². The number of primary amides is 1. The van der Waals surface area contributed by atoms with Gasteiger partial charge in [0.1, 0.15) is 5.54 Å². The van der Waals surface area contributed by atoms with Crippen LogP contribution in [0.1, 0.15) is 23.2 Å². The highest BCUT2D eigenvalue weighted by atomic mass is 35.5. The van der Waals surface area contributed by atoms with Crippen LogP contribution >= 0.6 is 11.6 Å². The van der Waals surface area contributed by atoms with E-state index >= 15 is 0 Å². The largest absolute Gasteiger partial charge is 0.368 e. The van der Waals surface area contributed by atoms with E-state index in [0.717, 1.165) is 17.5 Å². The Morgan fingerprint density at radius 1 is 1.17 bits per heavy atom. The van der Waals surface area contributed by atoms with Crippen LogP contribution in [0.15, 0.2) is 48.5 Å². The van der Waals surface area contributed by atoms with Gasteiger partial charge in [0, 0.05) is 10.6 Å². The van der Waals surface area contributed by atoms with Crippen molar-refractivity contribution in [2.45, 2.75) is 18.4 Å². The smallest absolute Gasteiger partial charge is 0.238 e. The number of amides is 1. The number of carbonyl (C=O) groups excluding carboxylic acids is 2. The predicted molar refractivity (Wildman–Crippen MR) is 94.7 cm³/mol. The minimum atomic E-state index is -1.06. The standard InChI is InChI=1S/C19H18ClN2O2/c20-14-6-3-5-13(11-14)15-7-1-2-8-16(15)17(23)12-19(18(21)24)9-4-10-22-19/h1-3,5-8,11-12,22H,4,9-10H2,(H2,21,24). The third-order valence-corrected chi connectivity index (χ3v) is 4.57. The molecule has 1 fully saturated rings. The summed E-state index contributed by atoms with van der Waals surface area (Å²) in [4.78, 5) is 24.7. The Kier molecular flexibility index (Phi) is 4.69. The van der Waals surface area contributed by atoms with Crippen LogP contribution < -0.4 is 11.1 Å². The van der Waals surface area contributed by atoms with Crippen LogP contribution in [0.4, 0.5) is 0 Å². The molecule has 5 heteroatoms. The number of hydrogen-bond donors (Lipinski definition) is 2. The van der Waals surface area contributed by atoms with E-state index in [1.165, 1.54) is 6.42 Å². The van der Waals surface area contributed by atoms with Gasteiger partial charge in [0.25, 0.3) is 0 Å². The van der Waals surface area contributed by atoms with E-state index in [0.29, 0.717) is 23.6 Å². The third-order valence-electron chi connectivity index (χ3n) is 4.33. The molecule has 0 aromatic heterocycles. The molecule has 1 aliphatic heterocycles. The molecule has 2 aromatic carbocycles. The van der Waals surface area contributed by atoms with Gasteiger partial charge in [-0.2, -0.15) is 0 Å². The van der Waals surface area contributed by atoms with Crippen molar-refractivity contribution in [3.63, 3.8) is 0 Å². The number of rotatable bonds is 5. The molecule has 0 aliphatic carbocycles. The lowest BCUT2D eigenvalue weighted by atomic mass is 9.86.